The number of hydrogen-bond donors (Lipinski definition) is 0. The first-order valence-electron chi connectivity index (χ1n) is 7.65. The summed E-state index contributed by atoms with van der Waals surface area (Å²) in [6, 6.07) is 11.1. The van der Waals surface area contributed by atoms with Crippen molar-refractivity contribution in [2.24, 2.45) is 0 Å². The number of nitrogens with zero attached hydrogens (tertiary/aromatic N) is 2. The van der Waals surface area contributed by atoms with E-state index in [4.69, 9.17) is 11.6 Å². The Morgan fingerprint density at radius 3 is 2.38 bits per heavy atom. The fourth-order valence-electron chi connectivity index (χ4n) is 2.79. The second-order valence-corrected chi connectivity index (χ2v) is 8.13. The van der Waals surface area contributed by atoms with Gasteiger partial charge < -0.3 is 4.90 Å². The van der Waals surface area contributed by atoms with Gasteiger partial charge in [0.15, 0.2) is 0 Å². The summed E-state index contributed by atoms with van der Waals surface area (Å²) in [6.07, 6.45) is 0. The van der Waals surface area contributed by atoms with E-state index in [9.17, 15) is 12.8 Å². The smallest absolute Gasteiger partial charge is 0.243 e. The van der Waals surface area contributed by atoms with E-state index in [1.807, 2.05) is 11.0 Å². The molecule has 0 aromatic heterocycles. The van der Waals surface area contributed by atoms with Crippen molar-refractivity contribution < 1.29 is 12.8 Å². The summed E-state index contributed by atoms with van der Waals surface area (Å²) >= 11 is 5.97. The molecule has 128 valence electrons. The minimum Gasteiger partial charge on any atom is -0.369 e. The molecule has 1 saturated heterocycles. The van der Waals surface area contributed by atoms with Crippen LogP contribution in [0.25, 0.3) is 0 Å². The van der Waals surface area contributed by atoms with E-state index in [1.165, 1.54) is 22.5 Å². The maximum atomic E-state index is 13.3. The molecule has 0 bridgehead atoms. The normalized spacial score (nSPS) is 16.4. The SMILES string of the molecule is Cc1cc(S(=O)(=O)N2CCN(c3cccc(F)c3)CC2)ccc1Cl. The highest BCUT2D eigenvalue weighted by molar-refractivity contribution is 7.89. The number of piperazine rings is 1. The van der Waals surface area contributed by atoms with Crippen molar-refractivity contribution in [2.75, 3.05) is 31.1 Å². The van der Waals surface area contributed by atoms with Crippen molar-refractivity contribution >= 4 is 27.3 Å². The first-order valence-corrected chi connectivity index (χ1v) is 9.46. The molecule has 1 aliphatic heterocycles. The molecule has 0 aliphatic carbocycles. The van der Waals surface area contributed by atoms with Crippen molar-refractivity contribution in [1.82, 2.24) is 4.31 Å². The van der Waals surface area contributed by atoms with E-state index in [0.29, 0.717) is 31.2 Å². The summed E-state index contributed by atoms with van der Waals surface area (Å²) < 4.78 is 40.3. The average Bonchev–Trinajstić information content (AvgIpc) is 2.57. The van der Waals surface area contributed by atoms with Gasteiger partial charge in [-0.3, -0.25) is 0 Å². The maximum Gasteiger partial charge on any atom is 0.243 e. The summed E-state index contributed by atoms with van der Waals surface area (Å²) in [5.74, 6) is -0.292. The molecule has 0 amide bonds. The van der Waals surface area contributed by atoms with Gasteiger partial charge in [0.05, 0.1) is 4.90 Å². The van der Waals surface area contributed by atoms with E-state index >= 15 is 0 Å². The molecule has 2 aromatic carbocycles. The first kappa shape index (κ1) is 17.2. The van der Waals surface area contributed by atoms with Gasteiger partial charge in [0.1, 0.15) is 5.82 Å². The van der Waals surface area contributed by atoms with Crippen molar-refractivity contribution in [3.8, 4) is 0 Å². The number of aryl methyl sites for hydroxylation is 1. The van der Waals surface area contributed by atoms with Gasteiger partial charge in [-0.2, -0.15) is 4.31 Å². The van der Waals surface area contributed by atoms with E-state index in [-0.39, 0.29) is 10.7 Å². The lowest BCUT2D eigenvalue weighted by Gasteiger charge is -2.35. The average molecular weight is 369 g/mol. The van der Waals surface area contributed by atoms with Crippen LogP contribution in [0.5, 0.6) is 0 Å². The Hall–Kier alpha value is -1.63. The standard InChI is InChI=1S/C17H18ClFN2O2S/c1-13-11-16(5-6-17(13)18)24(22,23)21-9-7-20(8-10-21)15-4-2-3-14(19)12-15/h2-6,11-12H,7-10H2,1H3. The molecule has 0 radical (unpaired) electrons. The third-order valence-electron chi connectivity index (χ3n) is 4.18. The van der Waals surface area contributed by atoms with Crippen LogP contribution in [0.1, 0.15) is 5.56 Å². The second kappa shape index (κ2) is 6.70. The topological polar surface area (TPSA) is 40.6 Å². The molecule has 1 fully saturated rings. The molecular weight excluding hydrogens is 351 g/mol. The Labute approximate surface area is 146 Å². The van der Waals surface area contributed by atoms with Gasteiger partial charge in [0, 0.05) is 36.9 Å². The Morgan fingerprint density at radius 2 is 1.75 bits per heavy atom. The summed E-state index contributed by atoms with van der Waals surface area (Å²) in [5.41, 5.74) is 1.51. The third kappa shape index (κ3) is 3.41. The minimum atomic E-state index is -3.54. The number of rotatable bonds is 3. The molecule has 7 heteroatoms. The van der Waals surface area contributed by atoms with Crippen LogP contribution in [0.2, 0.25) is 5.02 Å². The van der Waals surface area contributed by atoms with Crippen LogP contribution < -0.4 is 4.90 Å². The Bertz CT molecular complexity index is 849. The lowest BCUT2D eigenvalue weighted by atomic mass is 10.2. The number of sulfonamides is 1. The molecule has 2 aromatic rings. The minimum absolute atomic E-state index is 0.253. The van der Waals surface area contributed by atoms with Gasteiger partial charge in [-0.05, 0) is 48.9 Å². The largest absolute Gasteiger partial charge is 0.369 e. The molecule has 24 heavy (non-hydrogen) atoms. The second-order valence-electron chi connectivity index (χ2n) is 5.78. The van der Waals surface area contributed by atoms with E-state index in [2.05, 4.69) is 0 Å². The molecule has 0 atom stereocenters. The van der Waals surface area contributed by atoms with Crippen molar-refractivity contribution in [1.29, 1.82) is 0 Å². The van der Waals surface area contributed by atoms with Crippen LogP contribution in [0.15, 0.2) is 47.4 Å². The number of benzene rings is 2. The van der Waals surface area contributed by atoms with Crippen molar-refractivity contribution in [2.45, 2.75) is 11.8 Å². The molecule has 0 N–H and O–H groups in total. The Morgan fingerprint density at radius 1 is 1.04 bits per heavy atom. The highest BCUT2D eigenvalue weighted by Crippen LogP contribution is 2.24. The molecule has 0 spiro atoms. The highest BCUT2D eigenvalue weighted by atomic mass is 35.5. The lowest BCUT2D eigenvalue weighted by molar-refractivity contribution is 0.384. The Balaban J connectivity index is 1.74. The summed E-state index contributed by atoms with van der Waals surface area (Å²) in [6.45, 7) is 3.55. The van der Waals surface area contributed by atoms with Crippen LogP contribution in [-0.2, 0) is 10.0 Å². The summed E-state index contributed by atoms with van der Waals surface area (Å²) in [7, 11) is -3.54. The van der Waals surface area contributed by atoms with Crippen LogP contribution in [0, 0.1) is 12.7 Å². The molecular formula is C17H18ClFN2O2S. The zero-order valence-electron chi connectivity index (χ0n) is 13.2. The zero-order chi connectivity index (χ0) is 17.3. The number of anilines is 1. The molecule has 3 rings (SSSR count). The third-order valence-corrected chi connectivity index (χ3v) is 6.50. The quantitative estimate of drug-likeness (QED) is 0.834. The van der Waals surface area contributed by atoms with Crippen molar-refractivity contribution in [3.05, 3.63) is 58.9 Å². The van der Waals surface area contributed by atoms with Crippen LogP contribution >= 0.6 is 11.6 Å². The zero-order valence-corrected chi connectivity index (χ0v) is 14.8. The fraction of sp³-hybridized carbons (Fsp3) is 0.294. The fourth-order valence-corrected chi connectivity index (χ4v) is 4.41. The molecule has 1 aliphatic rings. The van der Waals surface area contributed by atoms with Gasteiger partial charge in [0.25, 0.3) is 0 Å². The summed E-state index contributed by atoms with van der Waals surface area (Å²) in [4.78, 5) is 2.24. The van der Waals surface area contributed by atoms with E-state index in [0.717, 1.165) is 11.3 Å². The van der Waals surface area contributed by atoms with Crippen LogP contribution in [0.3, 0.4) is 0 Å². The predicted molar refractivity (Wildman–Crippen MR) is 93.6 cm³/mol. The summed E-state index contributed by atoms with van der Waals surface area (Å²) in [5, 5.41) is 0.546. The van der Waals surface area contributed by atoms with Gasteiger partial charge in [0.2, 0.25) is 10.0 Å². The van der Waals surface area contributed by atoms with E-state index in [1.54, 1.807) is 25.1 Å². The first-order chi connectivity index (χ1) is 11.4. The molecule has 1 heterocycles. The van der Waals surface area contributed by atoms with Crippen LogP contribution in [0.4, 0.5) is 10.1 Å². The molecule has 4 nitrogen and oxygen atoms in total. The lowest BCUT2D eigenvalue weighted by Crippen LogP contribution is -2.48. The number of hydrogen-bond acceptors (Lipinski definition) is 3. The van der Waals surface area contributed by atoms with E-state index < -0.39 is 10.0 Å². The van der Waals surface area contributed by atoms with Crippen LogP contribution in [-0.4, -0.2) is 38.9 Å². The monoisotopic (exact) mass is 368 g/mol. The van der Waals surface area contributed by atoms with Gasteiger partial charge in [-0.25, -0.2) is 12.8 Å². The van der Waals surface area contributed by atoms with Gasteiger partial charge in [-0.15, -0.1) is 0 Å². The number of halogens is 2. The highest BCUT2D eigenvalue weighted by Gasteiger charge is 2.28. The molecule has 0 unspecified atom stereocenters. The van der Waals surface area contributed by atoms with Crippen molar-refractivity contribution in [3.63, 3.8) is 0 Å². The van der Waals surface area contributed by atoms with Gasteiger partial charge >= 0.3 is 0 Å². The maximum absolute atomic E-state index is 13.3. The predicted octanol–water partition coefficient (Wildman–Crippen LogP) is 3.30. The Kier molecular flexibility index (Phi) is 4.80. The van der Waals surface area contributed by atoms with Gasteiger partial charge in [-0.1, -0.05) is 17.7 Å². The molecule has 0 saturated carbocycles.